The largest absolute Gasteiger partial charge is 0.338 e. The average Bonchev–Trinajstić information content (AvgIpc) is 3.51. The minimum absolute atomic E-state index is 0.00432. The highest BCUT2D eigenvalue weighted by Gasteiger charge is 2.52. The zero-order chi connectivity index (χ0) is 20.6. The van der Waals surface area contributed by atoms with E-state index in [0.29, 0.717) is 31.8 Å². The second kappa shape index (κ2) is 7.92. The number of hydroxylamine groups is 1. The molecule has 0 bridgehead atoms. The van der Waals surface area contributed by atoms with Gasteiger partial charge >= 0.3 is 0 Å². The zero-order valence-electron chi connectivity index (χ0n) is 17.3. The van der Waals surface area contributed by atoms with E-state index in [4.69, 9.17) is 5.21 Å². The fourth-order valence-electron chi connectivity index (χ4n) is 4.86. The summed E-state index contributed by atoms with van der Waals surface area (Å²) >= 11 is 0. The Labute approximate surface area is 172 Å². The molecule has 1 aromatic carbocycles. The number of benzene rings is 1. The first-order valence-corrected chi connectivity index (χ1v) is 10.7. The zero-order valence-corrected chi connectivity index (χ0v) is 17.3. The number of hydrogen-bond donors (Lipinski definition) is 3. The summed E-state index contributed by atoms with van der Waals surface area (Å²) in [6.45, 7) is 6.53. The van der Waals surface area contributed by atoms with E-state index in [9.17, 15) is 9.59 Å². The third-order valence-electron chi connectivity index (χ3n) is 6.92. The smallest absolute Gasteiger partial charge is 0.247 e. The summed E-state index contributed by atoms with van der Waals surface area (Å²) in [5, 5.41) is 12.5. The lowest BCUT2D eigenvalue weighted by molar-refractivity contribution is -0.147. The maximum atomic E-state index is 13.2. The summed E-state index contributed by atoms with van der Waals surface area (Å²) in [4.78, 5) is 27.3. The van der Waals surface area contributed by atoms with Crippen LogP contribution in [0.1, 0.15) is 56.6 Å². The topological polar surface area (TPSA) is 91.6 Å². The summed E-state index contributed by atoms with van der Waals surface area (Å²) in [5.74, 6) is -0.726. The van der Waals surface area contributed by atoms with E-state index >= 15 is 0 Å². The highest BCUT2D eigenvalue weighted by molar-refractivity contribution is 5.88. The Bertz CT molecular complexity index is 828. The Morgan fingerprint density at radius 2 is 2.10 bits per heavy atom. The quantitative estimate of drug-likeness (QED) is 0.414. The molecule has 156 valence electrons. The minimum Gasteiger partial charge on any atom is -0.338 e. The van der Waals surface area contributed by atoms with Gasteiger partial charge in [0.25, 0.3) is 0 Å². The molecule has 3 atom stereocenters. The van der Waals surface area contributed by atoms with Crippen LogP contribution in [0.2, 0.25) is 0 Å². The van der Waals surface area contributed by atoms with E-state index in [1.807, 2.05) is 4.90 Å². The summed E-state index contributed by atoms with van der Waals surface area (Å²) in [5.41, 5.74) is 5.63. The van der Waals surface area contributed by atoms with E-state index in [2.05, 4.69) is 49.5 Å². The fraction of sp³-hybridized carbons (Fsp3) is 0.565. The van der Waals surface area contributed by atoms with E-state index in [1.54, 1.807) is 5.48 Å². The van der Waals surface area contributed by atoms with Crippen LogP contribution in [-0.4, -0.2) is 47.1 Å². The molecule has 2 heterocycles. The first-order valence-electron chi connectivity index (χ1n) is 10.7. The molecule has 2 fully saturated rings. The molecule has 1 saturated carbocycles. The summed E-state index contributed by atoms with van der Waals surface area (Å²) in [6.07, 6.45) is 5.19. The first kappa shape index (κ1) is 20.1. The van der Waals surface area contributed by atoms with Gasteiger partial charge in [0, 0.05) is 31.1 Å². The van der Waals surface area contributed by atoms with Crippen LogP contribution < -0.4 is 10.8 Å². The normalized spacial score (nSPS) is 29.0. The molecular weight excluding hydrogens is 366 g/mol. The van der Waals surface area contributed by atoms with E-state index < -0.39 is 11.8 Å². The van der Waals surface area contributed by atoms with Crippen molar-refractivity contribution >= 4 is 17.4 Å². The standard InChI is InChI=1S/C23H31N3O3/c1-15(2)17-4-3-5-18(12-17)16-7-10-26(11-8-16)22(28)19-6-9-23(14-24-23)13-20(19)21(27)25-29/h3-5,7,12,15,19-20,24,29H,6,8-11,13-14H2,1-2H3,(H,25,27)/t19-,20-,23?/m0/s1. The van der Waals surface area contributed by atoms with Crippen molar-refractivity contribution in [3.8, 4) is 0 Å². The molecule has 1 spiro atoms. The minimum atomic E-state index is -0.468. The third-order valence-corrected chi connectivity index (χ3v) is 6.92. The van der Waals surface area contributed by atoms with Gasteiger partial charge in [-0.3, -0.25) is 14.8 Å². The molecule has 4 rings (SSSR count). The van der Waals surface area contributed by atoms with Gasteiger partial charge in [-0.2, -0.15) is 0 Å². The second-order valence-corrected chi connectivity index (χ2v) is 9.11. The molecule has 2 aliphatic heterocycles. The molecular formula is C23H31N3O3. The van der Waals surface area contributed by atoms with Crippen molar-refractivity contribution in [2.75, 3.05) is 19.6 Å². The van der Waals surface area contributed by atoms with Crippen molar-refractivity contribution in [3.63, 3.8) is 0 Å². The first-order chi connectivity index (χ1) is 13.9. The van der Waals surface area contributed by atoms with Gasteiger partial charge < -0.3 is 10.2 Å². The molecule has 1 aliphatic carbocycles. The Kier molecular flexibility index (Phi) is 5.49. The number of carbonyl (C=O) groups excluding carboxylic acids is 2. The summed E-state index contributed by atoms with van der Waals surface area (Å²) < 4.78 is 0. The van der Waals surface area contributed by atoms with Gasteiger partial charge in [0.1, 0.15) is 0 Å². The van der Waals surface area contributed by atoms with Gasteiger partial charge in [-0.1, -0.05) is 44.2 Å². The SMILES string of the molecule is CC(C)c1cccc(C2=CCN(C(=O)[C@H]3CCC4(CN4)C[C@@H]3C(=O)NO)CC2)c1. The summed E-state index contributed by atoms with van der Waals surface area (Å²) in [6, 6.07) is 8.65. The number of nitrogens with zero attached hydrogens (tertiary/aromatic N) is 1. The van der Waals surface area contributed by atoms with Crippen LogP contribution in [0.5, 0.6) is 0 Å². The molecule has 1 saturated heterocycles. The maximum Gasteiger partial charge on any atom is 0.247 e. The van der Waals surface area contributed by atoms with Gasteiger partial charge in [-0.05, 0) is 48.3 Å². The molecule has 1 unspecified atom stereocenters. The summed E-state index contributed by atoms with van der Waals surface area (Å²) in [7, 11) is 0. The number of rotatable bonds is 4. The van der Waals surface area contributed by atoms with Crippen molar-refractivity contribution in [1.82, 2.24) is 15.7 Å². The molecule has 2 amide bonds. The van der Waals surface area contributed by atoms with Crippen molar-refractivity contribution in [1.29, 1.82) is 0 Å². The molecule has 0 radical (unpaired) electrons. The van der Waals surface area contributed by atoms with Gasteiger partial charge in [0.15, 0.2) is 0 Å². The van der Waals surface area contributed by atoms with Crippen molar-refractivity contribution in [3.05, 3.63) is 41.5 Å². The second-order valence-electron chi connectivity index (χ2n) is 9.11. The molecule has 1 aromatic rings. The monoisotopic (exact) mass is 397 g/mol. The van der Waals surface area contributed by atoms with Crippen LogP contribution in [0, 0.1) is 11.8 Å². The van der Waals surface area contributed by atoms with Gasteiger partial charge in [-0.15, -0.1) is 0 Å². The third kappa shape index (κ3) is 4.09. The molecule has 6 nitrogen and oxygen atoms in total. The van der Waals surface area contributed by atoms with Crippen LogP contribution in [-0.2, 0) is 9.59 Å². The van der Waals surface area contributed by atoms with Crippen LogP contribution >= 0.6 is 0 Å². The predicted octanol–water partition coefficient (Wildman–Crippen LogP) is 2.69. The number of nitrogens with one attached hydrogen (secondary N) is 2. The highest BCUT2D eigenvalue weighted by Crippen LogP contribution is 2.42. The van der Waals surface area contributed by atoms with Crippen LogP contribution in [0.4, 0.5) is 0 Å². The lowest BCUT2D eigenvalue weighted by atomic mass is 9.72. The Morgan fingerprint density at radius 1 is 1.31 bits per heavy atom. The predicted molar refractivity (Wildman–Crippen MR) is 111 cm³/mol. The van der Waals surface area contributed by atoms with E-state index in [0.717, 1.165) is 19.4 Å². The van der Waals surface area contributed by atoms with Crippen molar-refractivity contribution in [2.45, 2.75) is 51.0 Å². The number of amides is 2. The van der Waals surface area contributed by atoms with Crippen LogP contribution in [0.15, 0.2) is 30.3 Å². The van der Waals surface area contributed by atoms with E-state index in [1.165, 1.54) is 16.7 Å². The van der Waals surface area contributed by atoms with Gasteiger partial charge in [-0.25, -0.2) is 5.48 Å². The average molecular weight is 398 g/mol. The number of hydrogen-bond acceptors (Lipinski definition) is 4. The fourth-order valence-corrected chi connectivity index (χ4v) is 4.86. The van der Waals surface area contributed by atoms with Crippen LogP contribution in [0.3, 0.4) is 0 Å². The molecule has 3 aliphatic rings. The highest BCUT2D eigenvalue weighted by atomic mass is 16.5. The van der Waals surface area contributed by atoms with Gasteiger partial charge in [0.05, 0.1) is 5.92 Å². The molecule has 6 heteroatoms. The molecule has 3 N–H and O–H groups in total. The Hall–Kier alpha value is -2.18. The van der Waals surface area contributed by atoms with Crippen LogP contribution in [0.25, 0.3) is 5.57 Å². The van der Waals surface area contributed by atoms with Crippen molar-refractivity contribution < 1.29 is 14.8 Å². The Balaban J connectivity index is 1.45. The molecule has 29 heavy (non-hydrogen) atoms. The Morgan fingerprint density at radius 3 is 2.72 bits per heavy atom. The molecule has 0 aromatic heterocycles. The maximum absolute atomic E-state index is 13.2. The van der Waals surface area contributed by atoms with Crippen molar-refractivity contribution in [2.24, 2.45) is 11.8 Å². The lowest BCUT2D eigenvalue weighted by Gasteiger charge is -2.37. The van der Waals surface area contributed by atoms with Gasteiger partial charge in [0.2, 0.25) is 11.8 Å². The number of carbonyl (C=O) groups is 2. The lowest BCUT2D eigenvalue weighted by Crippen LogP contribution is -2.49. The van der Waals surface area contributed by atoms with E-state index in [-0.39, 0.29) is 17.4 Å².